The number of hydrogen-bond acceptors (Lipinski definition) is 3. The summed E-state index contributed by atoms with van der Waals surface area (Å²) in [5.41, 5.74) is 1.19. The van der Waals surface area contributed by atoms with Crippen LogP contribution < -0.4 is 10.6 Å². The summed E-state index contributed by atoms with van der Waals surface area (Å²) in [5, 5.41) is 6.22. The SMILES string of the molecule is Cl.O=C(Nc1nccn1Cc1ccccc1)C1CCCNC1. The van der Waals surface area contributed by atoms with Crippen LogP contribution in [0.1, 0.15) is 18.4 Å². The van der Waals surface area contributed by atoms with E-state index in [9.17, 15) is 4.79 Å². The third kappa shape index (κ3) is 4.08. The van der Waals surface area contributed by atoms with Gasteiger partial charge >= 0.3 is 0 Å². The van der Waals surface area contributed by atoms with E-state index in [0.29, 0.717) is 12.5 Å². The summed E-state index contributed by atoms with van der Waals surface area (Å²) in [6.45, 7) is 2.47. The van der Waals surface area contributed by atoms with Gasteiger partial charge in [-0.3, -0.25) is 10.1 Å². The van der Waals surface area contributed by atoms with Gasteiger partial charge in [-0.05, 0) is 24.9 Å². The topological polar surface area (TPSA) is 59.0 Å². The molecule has 1 aromatic heterocycles. The molecule has 2 N–H and O–H groups in total. The molecule has 0 saturated carbocycles. The van der Waals surface area contributed by atoms with Crippen molar-refractivity contribution in [1.29, 1.82) is 0 Å². The van der Waals surface area contributed by atoms with Crippen molar-refractivity contribution in [3.63, 3.8) is 0 Å². The molecular weight excluding hydrogens is 300 g/mol. The van der Waals surface area contributed by atoms with Crippen molar-refractivity contribution >= 4 is 24.3 Å². The van der Waals surface area contributed by atoms with E-state index >= 15 is 0 Å². The lowest BCUT2D eigenvalue weighted by Crippen LogP contribution is -2.37. The van der Waals surface area contributed by atoms with Crippen molar-refractivity contribution in [3.8, 4) is 0 Å². The fourth-order valence-corrected chi connectivity index (χ4v) is 2.63. The molecule has 6 heteroatoms. The summed E-state index contributed by atoms with van der Waals surface area (Å²) >= 11 is 0. The molecule has 3 rings (SSSR count). The highest BCUT2D eigenvalue weighted by molar-refractivity contribution is 5.91. The van der Waals surface area contributed by atoms with Crippen molar-refractivity contribution in [1.82, 2.24) is 14.9 Å². The van der Waals surface area contributed by atoms with Crippen LogP contribution in [0.4, 0.5) is 5.95 Å². The molecule has 5 nitrogen and oxygen atoms in total. The monoisotopic (exact) mass is 320 g/mol. The second-order valence-corrected chi connectivity index (χ2v) is 5.40. The smallest absolute Gasteiger partial charge is 0.231 e. The van der Waals surface area contributed by atoms with Gasteiger partial charge in [-0.15, -0.1) is 12.4 Å². The normalized spacial score (nSPS) is 17.5. The number of nitrogens with one attached hydrogen (secondary N) is 2. The maximum atomic E-state index is 12.3. The molecule has 2 aromatic rings. The van der Waals surface area contributed by atoms with Crippen LogP contribution >= 0.6 is 12.4 Å². The third-order valence-electron chi connectivity index (χ3n) is 3.81. The molecule has 118 valence electrons. The molecule has 1 aliphatic rings. The quantitative estimate of drug-likeness (QED) is 0.908. The zero-order valence-electron chi connectivity index (χ0n) is 12.4. The average Bonchev–Trinajstić information content (AvgIpc) is 2.96. The molecule has 1 fully saturated rings. The minimum absolute atomic E-state index is 0. The predicted molar refractivity (Wildman–Crippen MR) is 89.2 cm³/mol. The molecule has 1 unspecified atom stereocenters. The Kier molecular flexibility index (Phi) is 5.98. The second kappa shape index (κ2) is 7.96. The molecule has 22 heavy (non-hydrogen) atoms. The number of rotatable bonds is 4. The number of piperidine rings is 1. The van der Waals surface area contributed by atoms with Crippen molar-refractivity contribution in [3.05, 3.63) is 48.3 Å². The van der Waals surface area contributed by atoms with Crippen LogP contribution in [0, 0.1) is 5.92 Å². The highest BCUT2D eigenvalue weighted by atomic mass is 35.5. The molecular formula is C16H21ClN4O. The highest BCUT2D eigenvalue weighted by Gasteiger charge is 2.22. The van der Waals surface area contributed by atoms with E-state index in [-0.39, 0.29) is 24.2 Å². The zero-order valence-corrected chi connectivity index (χ0v) is 13.2. The van der Waals surface area contributed by atoms with Crippen molar-refractivity contribution in [2.45, 2.75) is 19.4 Å². The molecule has 1 atom stereocenters. The lowest BCUT2D eigenvalue weighted by Gasteiger charge is -2.21. The Hall–Kier alpha value is -1.85. The highest BCUT2D eigenvalue weighted by Crippen LogP contribution is 2.14. The minimum atomic E-state index is 0. The first-order valence-electron chi connectivity index (χ1n) is 7.39. The Balaban J connectivity index is 0.00000176. The van der Waals surface area contributed by atoms with E-state index in [4.69, 9.17) is 0 Å². The number of halogens is 1. The van der Waals surface area contributed by atoms with Gasteiger partial charge in [0.05, 0.1) is 12.5 Å². The van der Waals surface area contributed by atoms with Gasteiger partial charge in [-0.2, -0.15) is 0 Å². The van der Waals surface area contributed by atoms with Crippen LogP contribution in [0.5, 0.6) is 0 Å². The molecule has 1 saturated heterocycles. The molecule has 2 heterocycles. The number of hydrogen-bond donors (Lipinski definition) is 2. The maximum Gasteiger partial charge on any atom is 0.231 e. The number of carbonyl (C=O) groups excluding carboxylic acids is 1. The lowest BCUT2D eigenvalue weighted by atomic mass is 9.99. The van der Waals surface area contributed by atoms with Crippen LogP contribution in [0.25, 0.3) is 0 Å². The predicted octanol–water partition coefficient (Wildman–Crippen LogP) is 2.29. The molecule has 0 bridgehead atoms. The Labute approximate surface area is 136 Å². The fourth-order valence-electron chi connectivity index (χ4n) is 2.63. The summed E-state index contributed by atoms with van der Waals surface area (Å²) in [5.74, 6) is 0.720. The Morgan fingerprint density at radius 3 is 2.91 bits per heavy atom. The number of aromatic nitrogens is 2. The van der Waals surface area contributed by atoms with Gasteiger partial charge in [0.15, 0.2) is 0 Å². The fraction of sp³-hybridized carbons (Fsp3) is 0.375. The van der Waals surface area contributed by atoms with Crippen LogP contribution in [0.3, 0.4) is 0 Å². The minimum Gasteiger partial charge on any atom is -0.316 e. The molecule has 1 aliphatic heterocycles. The van der Waals surface area contributed by atoms with Gasteiger partial charge in [-0.25, -0.2) is 4.98 Å². The number of anilines is 1. The van der Waals surface area contributed by atoms with Crippen LogP contribution in [-0.2, 0) is 11.3 Å². The van der Waals surface area contributed by atoms with E-state index in [1.165, 1.54) is 5.56 Å². The van der Waals surface area contributed by atoms with Gasteiger partial charge in [0, 0.05) is 18.9 Å². The summed E-state index contributed by atoms with van der Waals surface area (Å²) in [7, 11) is 0. The van der Waals surface area contributed by atoms with Gasteiger partial charge in [0.25, 0.3) is 0 Å². The lowest BCUT2D eigenvalue weighted by molar-refractivity contribution is -0.120. The largest absolute Gasteiger partial charge is 0.316 e. The third-order valence-corrected chi connectivity index (χ3v) is 3.81. The standard InChI is InChI=1S/C16H20N4O.ClH/c21-15(14-7-4-8-17-11-14)19-16-18-9-10-20(16)12-13-5-2-1-3-6-13;/h1-3,5-6,9-10,14,17H,4,7-8,11-12H2,(H,18,19,21);1H. The summed E-state index contributed by atoms with van der Waals surface area (Å²) in [6, 6.07) is 10.2. The summed E-state index contributed by atoms with van der Waals surface area (Å²) < 4.78 is 1.96. The van der Waals surface area contributed by atoms with Crippen LogP contribution in [-0.4, -0.2) is 28.5 Å². The number of amides is 1. The van der Waals surface area contributed by atoms with E-state index in [1.54, 1.807) is 6.20 Å². The average molecular weight is 321 g/mol. The first-order chi connectivity index (χ1) is 10.3. The summed E-state index contributed by atoms with van der Waals surface area (Å²) in [6.07, 6.45) is 5.61. The number of nitrogens with zero attached hydrogens (tertiary/aromatic N) is 2. The van der Waals surface area contributed by atoms with E-state index in [1.807, 2.05) is 29.0 Å². The Bertz CT molecular complexity index is 593. The number of imidazole rings is 1. The number of carbonyl (C=O) groups is 1. The van der Waals surface area contributed by atoms with E-state index in [2.05, 4.69) is 27.8 Å². The summed E-state index contributed by atoms with van der Waals surface area (Å²) in [4.78, 5) is 16.5. The van der Waals surface area contributed by atoms with E-state index in [0.717, 1.165) is 25.9 Å². The Morgan fingerprint density at radius 2 is 2.18 bits per heavy atom. The maximum absolute atomic E-state index is 12.3. The van der Waals surface area contributed by atoms with Gasteiger partial charge in [0.2, 0.25) is 11.9 Å². The zero-order chi connectivity index (χ0) is 14.5. The molecule has 0 aliphatic carbocycles. The Morgan fingerprint density at radius 1 is 1.36 bits per heavy atom. The van der Waals surface area contributed by atoms with Gasteiger partial charge in [-0.1, -0.05) is 30.3 Å². The van der Waals surface area contributed by atoms with E-state index < -0.39 is 0 Å². The molecule has 0 spiro atoms. The van der Waals surface area contributed by atoms with Crippen molar-refractivity contribution in [2.24, 2.45) is 5.92 Å². The van der Waals surface area contributed by atoms with Crippen LogP contribution in [0.2, 0.25) is 0 Å². The molecule has 1 aromatic carbocycles. The first-order valence-corrected chi connectivity index (χ1v) is 7.39. The second-order valence-electron chi connectivity index (χ2n) is 5.40. The van der Waals surface area contributed by atoms with Crippen molar-refractivity contribution in [2.75, 3.05) is 18.4 Å². The molecule has 1 amide bonds. The number of benzene rings is 1. The van der Waals surface area contributed by atoms with Gasteiger partial charge < -0.3 is 9.88 Å². The van der Waals surface area contributed by atoms with Gasteiger partial charge in [0.1, 0.15) is 0 Å². The molecule has 0 radical (unpaired) electrons. The van der Waals surface area contributed by atoms with Crippen LogP contribution in [0.15, 0.2) is 42.7 Å². The van der Waals surface area contributed by atoms with Crippen molar-refractivity contribution < 1.29 is 4.79 Å². The first kappa shape index (κ1) is 16.5.